The van der Waals surface area contributed by atoms with E-state index in [1.165, 1.54) is 0 Å². The number of nitrogens with two attached hydrogens (primary N) is 7. The SMILES string of the molecule is CC1(C)OB(c2ccc(N)cc2)OC1(C)C.COc1ccc(-c2cnc(N)c(-c3ccc(N)cc3)c2)cc1OC.COc1ccc(B2OC(C)(C)C(C)(C)O2)cc1OC.Nc1ccc(-c2cc(Br)cnc2N)cc1.Nc1ccc(Br)cn1.Nc1ncc(Br)cc1I. The number of anilines is 7. The molecule has 0 saturated carbocycles. The van der Waals surface area contributed by atoms with Gasteiger partial charge < -0.3 is 77.7 Å². The lowest BCUT2D eigenvalue weighted by atomic mass is 9.79. The summed E-state index contributed by atoms with van der Waals surface area (Å²) in [5.41, 5.74) is 48.1. The molecule has 0 aliphatic carbocycles. The number of aromatic nitrogens is 4. The van der Waals surface area contributed by atoms with Crippen LogP contribution in [0.5, 0.6) is 23.0 Å². The predicted octanol–water partition coefficient (Wildman–Crippen LogP) is 13.3. The monoisotopic (exact) mass is 1540 g/mol. The van der Waals surface area contributed by atoms with Crippen molar-refractivity contribution in [3.8, 4) is 56.4 Å². The summed E-state index contributed by atoms with van der Waals surface area (Å²) >= 11 is 12.0. The molecule has 478 valence electrons. The normalized spacial score (nSPS) is 14.4. The van der Waals surface area contributed by atoms with E-state index in [2.05, 4.69) is 90.3 Å². The summed E-state index contributed by atoms with van der Waals surface area (Å²) in [5.74, 6) is 4.85. The summed E-state index contributed by atoms with van der Waals surface area (Å²) in [7, 11) is 5.78. The van der Waals surface area contributed by atoms with Gasteiger partial charge in [0.25, 0.3) is 0 Å². The third-order valence-electron chi connectivity index (χ3n) is 14.9. The Morgan fingerprint density at radius 3 is 1.16 bits per heavy atom. The van der Waals surface area contributed by atoms with E-state index in [4.69, 9.17) is 77.7 Å². The van der Waals surface area contributed by atoms with Gasteiger partial charge in [0, 0.05) is 72.0 Å². The molecule has 25 heteroatoms. The predicted molar refractivity (Wildman–Crippen MR) is 390 cm³/mol. The molecule has 4 aromatic heterocycles. The molecule has 19 nitrogen and oxygen atoms in total. The van der Waals surface area contributed by atoms with Gasteiger partial charge in [0.05, 0.1) is 54.4 Å². The maximum Gasteiger partial charge on any atom is 0.494 e. The first-order chi connectivity index (χ1) is 42.9. The van der Waals surface area contributed by atoms with Crippen molar-refractivity contribution in [2.75, 3.05) is 68.6 Å². The number of methoxy groups -OCH3 is 4. The molecule has 2 fully saturated rings. The minimum Gasteiger partial charge on any atom is -0.493 e. The van der Waals surface area contributed by atoms with E-state index in [1.807, 2.05) is 189 Å². The van der Waals surface area contributed by atoms with Crippen LogP contribution in [0.1, 0.15) is 55.4 Å². The Morgan fingerprint density at radius 1 is 0.363 bits per heavy atom. The first-order valence-electron chi connectivity index (χ1n) is 28.2. The fourth-order valence-corrected chi connectivity index (χ4v) is 10.1. The van der Waals surface area contributed by atoms with Crippen LogP contribution in [-0.4, -0.2) is 85.0 Å². The van der Waals surface area contributed by atoms with Gasteiger partial charge in [-0.1, -0.05) is 48.5 Å². The Bertz CT molecular complexity index is 3790. The standard InChI is InChI=1S/C19H19N3O2.C14H21BO4.C12H18BNO2.C11H10BrN3.C5H4BrIN2.C5H5BrN2/c1-23-17-8-5-13(10-18(17)24-2)14-9-16(19(21)22-11-14)12-3-6-15(20)7-4-12;1-13(2)14(3,4)19-15(18-13)10-7-8-11(16-5)12(9-10)17-6;1-11(2)12(3,4)16-13(15-11)9-5-7-10(14)8-6-9;12-8-5-10(11(14)15-6-8)7-1-3-9(13)4-2-7;6-3-1-4(7)5(8)9-2-3;6-4-1-2-5(7)8-3-4/h3-11H,20H2,1-2H3,(H2,21,22);7-9H,1-6H3;5-8H,14H2,1-4H3;1-6H,13H2,(H2,14,15);1-2H,(H2,8,9);1-3H,(H2,7,8). The van der Waals surface area contributed by atoms with Crippen molar-refractivity contribution in [2.45, 2.75) is 77.8 Å². The largest absolute Gasteiger partial charge is 0.494 e. The molecule has 91 heavy (non-hydrogen) atoms. The van der Waals surface area contributed by atoms with Crippen molar-refractivity contribution in [1.29, 1.82) is 0 Å². The smallest absolute Gasteiger partial charge is 0.493 e. The van der Waals surface area contributed by atoms with Crippen molar-refractivity contribution >= 4 is 136 Å². The Morgan fingerprint density at radius 2 is 0.736 bits per heavy atom. The molecule has 0 amide bonds. The summed E-state index contributed by atoms with van der Waals surface area (Å²) in [4.78, 5) is 16.1. The first kappa shape index (κ1) is 72.7. The molecule has 2 saturated heterocycles. The lowest BCUT2D eigenvalue weighted by Crippen LogP contribution is -2.41. The van der Waals surface area contributed by atoms with Gasteiger partial charge in [-0.2, -0.15) is 0 Å². The van der Waals surface area contributed by atoms with Crippen molar-refractivity contribution < 1.29 is 37.6 Å². The summed E-state index contributed by atoms with van der Waals surface area (Å²) in [6, 6.07) is 43.6. The van der Waals surface area contributed by atoms with Gasteiger partial charge >= 0.3 is 14.2 Å². The number of rotatable bonds is 9. The van der Waals surface area contributed by atoms with Crippen LogP contribution in [0.3, 0.4) is 0 Å². The van der Waals surface area contributed by atoms with Gasteiger partial charge in [-0.3, -0.25) is 0 Å². The molecule has 2 aliphatic rings. The average molecular weight is 1540 g/mol. The number of nitrogen functional groups attached to an aromatic ring is 7. The van der Waals surface area contributed by atoms with Crippen molar-refractivity contribution in [1.82, 2.24) is 19.9 Å². The van der Waals surface area contributed by atoms with Crippen LogP contribution in [0.2, 0.25) is 0 Å². The molecular weight excluding hydrogens is 1460 g/mol. The molecule has 9 aromatic rings. The van der Waals surface area contributed by atoms with Gasteiger partial charge in [0.2, 0.25) is 0 Å². The molecular formula is C66H77B2Br3IN11O8. The Labute approximate surface area is 573 Å². The first-order valence-corrected chi connectivity index (χ1v) is 31.7. The summed E-state index contributed by atoms with van der Waals surface area (Å²) < 4.78 is 48.8. The molecule has 0 unspecified atom stereocenters. The quantitative estimate of drug-likeness (QED) is 0.0401. The molecule has 6 heterocycles. The summed E-state index contributed by atoms with van der Waals surface area (Å²) in [6.45, 7) is 16.3. The van der Waals surface area contributed by atoms with Gasteiger partial charge in [-0.25, -0.2) is 19.9 Å². The van der Waals surface area contributed by atoms with E-state index in [0.29, 0.717) is 52.0 Å². The van der Waals surface area contributed by atoms with E-state index in [-0.39, 0.29) is 36.6 Å². The molecule has 0 radical (unpaired) electrons. The Hall–Kier alpha value is -7.36. The average Bonchev–Trinajstić information content (AvgIpc) is 1.63. The fraction of sp³-hybridized carbons (Fsp3) is 0.242. The topological polar surface area (TPSA) is 308 Å². The lowest BCUT2D eigenvalue weighted by molar-refractivity contribution is 0.00578. The molecule has 11 rings (SSSR count). The second kappa shape index (κ2) is 32.3. The van der Waals surface area contributed by atoms with E-state index in [9.17, 15) is 0 Å². The second-order valence-corrected chi connectivity index (χ2v) is 26.3. The maximum atomic E-state index is 6.05. The zero-order chi connectivity index (χ0) is 67.0. The van der Waals surface area contributed by atoms with Gasteiger partial charge in [-0.05, 0) is 244 Å². The number of ether oxygens (including phenoxy) is 4. The van der Waals surface area contributed by atoms with Gasteiger partial charge in [-0.15, -0.1) is 0 Å². The minimum absolute atomic E-state index is 0.293. The Balaban J connectivity index is 0.000000180. The van der Waals surface area contributed by atoms with E-state index in [1.54, 1.807) is 59.3 Å². The van der Waals surface area contributed by atoms with Crippen LogP contribution in [-0.2, 0) is 18.6 Å². The number of nitrogens with zero attached hydrogens (tertiary/aromatic N) is 4. The maximum absolute atomic E-state index is 6.05. The zero-order valence-electron chi connectivity index (χ0n) is 52.9. The number of pyridine rings is 4. The van der Waals surface area contributed by atoms with E-state index >= 15 is 0 Å². The van der Waals surface area contributed by atoms with Crippen LogP contribution >= 0.6 is 70.4 Å². The number of hydrogen-bond donors (Lipinski definition) is 7. The van der Waals surface area contributed by atoms with Crippen LogP contribution in [0.15, 0.2) is 178 Å². The van der Waals surface area contributed by atoms with Crippen molar-refractivity contribution in [2.24, 2.45) is 0 Å². The molecule has 14 N–H and O–H groups in total. The minimum atomic E-state index is -0.384. The summed E-state index contributed by atoms with van der Waals surface area (Å²) in [6.07, 6.45) is 6.76. The lowest BCUT2D eigenvalue weighted by Gasteiger charge is -2.32. The van der Waals surface area contributed by atoms with Crippen LogP contribution in [0.25, 0.3) is 33.4 Å². The van der Waals surface area contributed by atoms with Crippen molar-refractivity contribution in [3.05, 3.63) is 181 Å². The highest BCUT2D eigenvalue weighted by atomic mass is 127. The molecule has 0 atom stereocenters. The van der Waals surface area contributed by atoms with Crippen LogP contribution in [0.4, 0.5) is 40.3 Å². The highest BCUT2D eigenvalue weighted by Gasteiger charge is 2.52. The Kier molecular flexibility index (Phi) is 25.8. The third kappa shape index (κ3) is 20.1. The van der Waals surface area contributed by atoms with Gasteiger partial charge in [0.15, 0.2) is 23.0 Å². The molecule has 0 spiro atoms. The fourth-order valence-electron chi connectivity index (χ4n) is 8.31. The van der Waals surface area contributed by atoms with Crippen molar-refractivity contribution in [3.63, 3.8) is 0 Å². The number of hydrogen-bond acceptors (Lipinski definition) is 19. The highest BCUT2D eigenvalue weighted by molar-refractivity contribution is 14.1. The molecule has 2 aliphatic heterocycles. The number of benzene rings is 5. The zero-order valence-corrected chi connectivity index (χ0v) is 59.8. The highest BCUT2D eigenvalue weighted by Crippen LogP contribution is 2.39. The van der Waals surface area contributed by atoms with E-state index in [0.717, 1.165) is 72.7 Å². The van der Waals surface area contributed by atoms with Crippen LogP contribution < -0.4 is 70.0 Å². The van der Waals surface area contributed by atoms with Gasteiger partial charge in [0.1, 0.15) is 23.3 Å². The second-order valence-electron chi connectivity index (χ2n) is 22.4. The third-order valence-corrected chi connectivity index (χ3v) is 17.1. The molecule has 5 aromatic carbocycles. The van der Waals surface area contributed by atoms with E-state index < -0.39 is 0 Å². The number of halogens is 4. The van der Waals surface area contributed by atoms with Crippen LogP contribution in [0, 0.1) is 3.57 Å². The molecule has 0 bridgehead atoms. The summed E-state index contributed by atoms with van der Waals surface area (Å²) in [5, 5.41) is 0.